The molecule has 1 aliphatic rings. The minimum Gasteiger partial charge on any atom is -0.351 e. The molecule has 0 aromatic heterocycles. The Morgan fingerprint density at radius 3 is 2.63 bits per heavy atom. The zero-order valence-corrected chi connectivity index (χ0v) is 15.6. The third-order valence-corrected chi connectivity index (χ3v) is 4.54. The normalized spacial score (nSPS) is 16.4. The third kappa shape index (κ3) is 3.95. The van der Waals surface area contributed by atoms with Crippen LogP contribution in [0.3, 0.4) is 0 Å². The number of benzene rings is 2. The van der Waals surface area contributed by atoms with Crippen LogP contribution in [0.4, 0.5) is 11.4 Å². The van der Waals surface area contributed by atoms with Gasteiger partial charge < -0.3 is 16.0 Å². The first-order chi connectivity index (χ1) is 12.9. The van der Waals surface area contributed by atoms with Gasteiger partial charge in [-0.3, -0.25) is 14.9 Å². The summed E-state index contributed by atoms with van der Waals surface area (Å²) in [6.07, 6.45) is 0. The summed E-state index contributed by atoms with van der Waals surface area (Å²) < 4.78 is 0. The maximum Gasteiger partial charge on any atom is 0.269 e. The molecule has 8 heteroatoms. The van der Waals surface area contributed by atoms with Crippen molar-refractivity contribution >= 4 is 34.6 Å². The zero-order chi connectivity index (χ0) is 19.6. The molecule has 27 heavy (non-hydrogen) atoms. The highest BCUT2D eigenvalue weighted by Crippen LogP contribution is 2.30. The highest BCUT2D eigenvalue weighted by molar-refractivity contribution is 7.80. The van der Waals surface area contributed by atoms with Crippen molar-refractivity contribution in [1.82, 2.24) is 10.6 Å². The number of nitrogens with zero attached hydrogens (tertiary/aromatic N) is 1. The lowest BCUT2D eigenvalue weighted by atomic mass is 9.94. The molecule has 7 nitrogen and oxygen atoms in total. The van der Waals surface area contributed by atoms with Crippen molar-refractivity contribution in [2.45, 2.75) is 19.9 Å². The van der Waals surface area contributed by atoms with E-state index in [4.69, 9.17) is 12.2 Å². The smallest absolute Gasteiger partial charge is 0.269 e. The Morgan fingerprint density at radius 2 is 1.93 bits per heavy atom. The van der Waals surface area contributed by atoms with Gasteiger partial charge in [0.25, 0.3) is 11.6 Å². The molecule has 0 fully saturated rings. The number of hydrogen-bond donors (Lipinski definition) is 3. The number of amides is 1. The van der Waals surface area contributed by atoms with Crippen LogP contribution in [-0.4, -0.2) is 15.9 Å². The number of thiocarbonyl (C=S) groups is 1. The van der Waals surface area contributed by atoms with E-state index in [1.807, 2.05) is 31.2 Å². The number of carbonyl (C=O) groups is 1. The predicted octanol–water partition coefficient (Wildman–Crippen LogP) is 3.33. The van der Waals surface area contributed by atoms with Crippen LogP contribution in [0, 0.1) is 17.0 Å². The Labute approximate surface area is 161 Å². The summed E-state index contributed by atoms with van der Waals surface area (Å²) in [4.78, 5) is 23.7. The summed E-state index contributed by atoms with van der Waals surface area (Å²) in [6.45, 7) is 3.66. The van der Waals surface area contributed by atoms with Gasteiger partial charge in [-0.05, 0) is 43.3 Å². The average Bonchev–Trinajstić information content (AvgIpc) is 2.63. The van der Waals surface area contributed by atoms with E-state index in [1.54, 1.807) is 19.1 Å². The van der Waals surface area contributed by atoms with E-state index < -0.39 is 11.0 Å². The number of nitro benzene ring substituents is 1. The van der Waals surface area contributed by atoms with Crippen LogP contribution in [0.15, 0.2) is 59.8 Å². The molecule has 0 saturated carbocycles. The molecule has 3 rings (SSSR count). The number of para-hydroxylation sites is 1. The molecule has 0 bridgehead atoms. The molecule has 2 aromatic rings. The van der Waals surface area contributed by atoms with Crippen molar-refractivity contribution in [2.75, 3.05) is 5.32 Å². The zero-order valence-electron chi connectivity index (χ0n) is 14.8. The molecule has 1 atom stereocenters. The fourth-order valence-corrected chi connectivity index (χ4v) is 3.24. The standard InChI is InChI=1S/C19H18N4O3S/c1-11-6-3-4-9-15(11)21-18(24)16-12(2)20-19(27)22-17(16)13-7-5-8-14(10-13)23(25)26/h3-10,17H,1-2H3,(H,21,24)(H2,20,22,27)/t17-/m1/s1. The van der Waals surface area contributed by atoms with Gasteiger partial charge in [0.2, 0.25) is 0 Å². The lowest BCUT2D eigenvalue weighted by Gasteiger charge is -2.30. The second-order valence-corrected chi connectivity index (χ2v) is 6.60. The number of carbonyl (C=O) groups excluding carboxylic acids is 1. The van der Waals surface area contributed by atoms with Crippen molar-refractivity contribution in [3.63, 3.8) is 0 Å². The molecule has 138 valence electrons. The van der Waals surface area contributed by atoms with Crippen LogP contribution in [0.25, 0.3) is 0 Å². The van der Waals surface area contributed by atoms with Gasteiger partial charge >= 0.3 is 0 Å². The number of rotatable bonds is 4. The minimum atomic E-state index is -0.595. The molecule has 0 spiro atoms. The highest BCUT2D eigenvalue weighted by Gasteiger charge is 2.30. The number of nitro groups is 1. The third-order valence-electron chi connectivity index (χ3n) is 4.32. The van der Waals surface area contributed by atoms with E-state index in [9.17, 15) is 14.9 Å². The molecule has 3 N–H and O–H groups in total. The van der Waals surface area contributed by atoms with E-state index >= 15 is 0 Å². The van der Waals surface area contributed by atoms with Gasteiger partial charge in [-0.1, -0.05) is 30.3 Å². The second kappa shape index (κ2) is 7.55. The number of allylic oxidation sites excluding steroid dienone is 1. The van der Waals surface area contributed by atoms with Crippen LogP contribution in [0.5, 0.6) is 0 Å². The topological polar surface area (TPSA) is 96.3 Å². The maximum atomic E-state index is 13.0. The molecule has 0 radical (unpaired) electrons. The number of anilines is 1. The molecule has 2 aromatic carbocycles. The van der Waals surface area contributed by atoms with E-state index in [2.05, 4.69) is 16.0 Å². The van der Waals surface area contributed by atoms with Crippen molar-refractivity contribution in [1.29, 1.82) is 0 Å². The van der Waals surface area contributed by atoms with Gasteiger partial charge in [0, 0.05) is 23.5 Å². The summed E-state index contributed by atoms with van der Waals surface area (Å²) in [7, 11) is 0. The molecule has 1 amide bonds. The molecule has 1 aliphatic heterocycles. The summed E-state index contributed by atoms with van der Waals surface area (Å²) in [6, 6.07) is 13.0. The molecule has 0 unspecified atom stereocenters. The van der Waals surface area contributed by atoms with Crippen LogP contribution >= 0.6 is 12.2 Å². The maximum absolute atomic E-state index is 13.0. The quantitative estimate of drug-likeness (QED) is 0.426. The van der Waals surface area contributed by atoms with Crippen LogP contribution in [0.2, 0.25) is 0 Å². The lowest BCUT2D eigenvalue weighted by Crippen LogP contribution is -2.45. The van der Waals surface area contributed by atoms with Crippen LogP contribution in [-0.2, 0) is 4.79 Å². The van der Waals surface area contributed by atoms with E-state index in [0.29, 0.717) is 27.6 Å². The Morgan fingerprint density at radius 1 is 1.19 bits per heavy atom. The van der Waals surface area contributed by atoms with Gasteiger partial charge in [-0.15, -0.1) is 0 Å². The number of non-ortho nitro benzene ring substituents is 1. The van der Waals surface area contributed by atoms with Gasteiger partial charge in [0.1, 0.15) is 0 Å². The van der Waals surface area contributed by atoms with Crippen molar-refractivity contribution in [2.24, 2.45) is 0 Å². The van der Waals surface area contributed by atoms with E-state index in [-0.39, 0.29) is 11.6 Å². The Hall–Kier alpha value is -3.26. The van der Waals surface area contributed by atoms with Crippen LogP contribution in [0.1, 0.15) is 24.1 Å². The van der Waals surface area contributed by atoms with Crippen LogP contribution < -0.4 is 16.0 Å². The number of nitrogens with one attached hydrogen (secondary N) is 3. The first-order valence-corrected chi connectivity index (χ1v) is 8.67. The van der Waals surface area contributed by atoms with Gasteiger partial charge in [0.15, 0.2) is 5.11 Å². The lowest BCUT2D eigenvalue weighted by molar-refractivity contribution is -0.384. The SMILES string of the molecule is CC1=C(C(=O)Nc2ccccc2C)[C@@H](c2cccc([N+](=O)[O-])c2)NC(=S)N1. The monoisotopic (exact) mass is 382 g/mol. The predicted molar refractivity (Wildman–Crippen MR) is 107 cm³/mol. The Bertz CT molecular complexity index is 971. The molecular weight excluding hydrogens is 364 g/mol. The van der Waals surface area contributed by atoms with Gasteiger partial charge in [-0.2, -0.15) is 0 Å². The average molecular weight is 382 g/mol. The number of aryl methyl sites for hydroxylation is 1. The fraction of sp³-hybridized carbons (Fsp3) is 0.158. The summed E-state index contributed by atoms with van der Waals surface area (Å²) >= 11 is 5.21. The summed E-state index contributed by atoms with van der Waals surface area (Å²) in [5, 5.41) is 20.4. The molecule has 0 aliphatic carbocycles. The Balaban J connectivity index is 1.99. The van der Waals surface area contributed by atoms with E-state index in [0.717, 1.165) is 5.56 Å². The van der Waals surface area contributed by atoms with Crippen molar-refractivity contribution in [3.05, 3.63) is 81.0 Å². The highest BCUT2D eigenvalue weighted by atomic mass is 32.1. The van der Waals surface area contributed by atoms with Gasteiger partial charge in [-0.25, -0.2) is 0 Å². The molecule has 1 heterocycles. The second-order valence-electron chi connectivity index (χ2n) is 6.19. The largest absolute Gasteiger partial charge is 0.351 e. The minimum absolute atomic E-state index is 0.0462. The van der Waals surface area contributed by atoms with Crippen molar-refractivity contribution < 1.29 is 9.72 Å². The summed E-state index contributed by atoms with van der Waals surface area (Å²) in [5.74, 6) is -0.305. The number of hydrogen-bond acceptors (Lipinski definition) is 4. The van der Waals surface area contributed by atoms with Crippen molar-refractivity contribution in [3.8, 4) is 0 Å². The summed E-state index contributed by atoms with van der Waals surface area (Å²) in [5.41, 5.74) is 3.20. The van der Waals surface area contributed by atoms with Gasteiger partial charge in [0.05, 0.1) is 16.5 Å². The molecule has 0 saturated heterocycles. The molecular formula is C19H18N4O3S. The first-order valence-electron chi connectivity index (χ1n) is 8.26. The fourth-order valence-electron chi connectivity index (χ4n) is 2.97. The van der Waals surface area contributed by atoms with E-state index in [1.165, 1.54) is 12.1 Å². The Kier molecular flexibility index (Phi) is 5.18. The first kappa shape index (κ1) is 18.5.